The molecule has 0 spiro atoms. The van der Waals surface area contributed by atoms with Crippen LogP contribution in [0.25, 0.3) is 0 Å². The lowest BCUT2D eigenvalue weighted by Crippen LogP contribution is -2.68. The van der Waals surface area contributed by atoms with Crippen molar-refractivity contribution in [1.29, 1.82) is 0 Å². The number of esters is 2. The van der Waals surface area contributed by atoms with Gasteiger partial charge in [-0.15, -0.1) is 0 Å². The fourth-order valence-electron chi connectivity index (χ4n) is 13.2. The Morgan fingerprint density at radius 2 is 0.857 bits per heavy atom. The number of hydrogen-bond acceptors (Lipinski definition) is 22. The van der Waals surface area contributed by atoms with E-state index < -0.39 is 123 Å². The van der Waals surface area contributed by atoms with Crippen molar-refractivity contribution in [2.75, 3.05) is 41.2 Å². The first kappa shape index (κ1) is 77.5. The number of ketones is 1. The highest BCUT2D eigenvalue weighted by Crippen LogP contribution is 2.40. The monoisotopic (exact) mass is 1440 g/mol. The molecular weight excluding hydrogens is 1350 g/mol. The number of methoxy groups -OCH3 is 3. The van der Waals surface area contributed by atoms with Crippen LogP contribution in [-0.4, -0.2) is 173 Å². The molecule has 558 valence electrons. The zero-order valence-corrected chi connectivity index (χ0v) is 59.7. The van der Waals surface area contributed by atoms with E-state index >= 15 is 9.59 Å². The van der Waals surface area contributed by atoms with E-state index in [0.717, 1.165) is 27.2 Å². The Labute approximate surface area is 612 Å². The zero-order valence-electron chi connectivity index (χ0n) is 59.7. The molecule has 11 rings (SSSR count). The summed E-state index contributed by atoms with van der Waals surface area (Å²) in [5.41, 5.74) is 5.06. The van der Waals surface area contributed by atoms with Crippen LogP contribution in [0.3, 0.4) is 0 Å². The first-order valence-electron chi connectivity index (χ1n) is 35.6. The van der Waals surface area contributed by atoms with E-state index in [1.54, 1.807) is 62.8 Å². The highest BCUT2D eigenvalue weighted by atomic mass is 16.8. The number of Topliss-reactive ketones (excluding diaryl/α,β-unsaturated/α-hetero) is 1. The van der Waals surface area contributed by atoms with Crippen LogP contribution < -0.4 is 9.47 Å². The highest BCUT2D eigenvalue weighted by Gasteiger charge is 2.58. The third-order valence-corrected chi connectivity index (χ3v) is 18.8. The molecule has 15 atom stereocenters. The van der Waals surface area contributed by atoms with Crippen molar-refractivity contribution in [3.8, 4) is 11.5 Å². The van der Waals surface area contributed by atoms with Crippen LogP contribution in [-0.2, 0) is 120 Å². The number of ether oxygens (including phenoxy) is 16. The van der Waals surface area contributed by atoms with Gasteiger partial charge in [0.2, 0.25) is 0 Å². The largest absolute Gasteiger partial charge is 0.497 e. The summed E-state index contributed by atoms with van der Waals surface area (Å²) in [6, 6.07) is 58.0. The maximum Gasteiger partial charge on any atom is 0.306 e. The average molecular weight is 1440 g/mol. The van der Waals surface area contributed by atoms with Crippen molar-refractivity contribution in [3.05, 3.63) is 239 Å². The fraction of sp³-hybridized carbons (Fsp3) is 0.427. The first-order valence-corrected chi connectivity index (χ1v) is 35.6. The van der Waals surface area contributed by atoms with Crippen LogP contribution in [0.4, 0.5) is 0 Å². The molecule has 23 heteroatoms. The van der Waals surface area contributed by atoms with Gasteiger partial charge in [0.15, 0.2) is 25.0 Å². The molecule has 7 aromatic carbocycles. The minimum Gasteiger partial charge on any atom is -0.497 e. The lowest BCUT2D eigenvalue weighted by atomic mass is 9.94. The Balaban J connectivity index is 1.02. The van der Waals surface area contributed by atoms with E-state index in [9.17, 15) is 19.5 Å². The summed E-state index contributed by atoms with van der Waals surface area (Å²) in [4.78, 5) is 70.0. The number of fused-ring (bicyclic) bond motifs is 1. The highest BCUT2D eigenvalue weighted by molar-refractivity contribution is 6.21. The number of rotatable bonds is 38. The van der Waals surface area contributed by atoms with Gasteiger partial charge in [0, 0.05) is 19.4 Å². The topological polar surface area (TPSA) is 256 Å². The quantitative estimate of drug-likeness (QED) is 0.0214. The number of amides is 2. The van der Waals surface area contributed by atoms with Crippen molar-refractivity contribution >= 4 is 29.5 Å². The van der Waals surface area contributed by atoms with Crippen molar-refractivity contribution in [2.24, 2.45) is 0 Å². The summed E-state index contributed by atoms with van der Waals surface area (Å²) in [7, 11) is 4.45. The van der Waals surface area contributed by atoms with Gasteiger partial charge in [-0.25, -0.2) is 0 Å². The summed E-state index contributed by atoms with van der Waals surface area (Å²) < 4.78 is 107. The minimum atomic E-state index is -1.61. The van der Waals surface area contributed by atoms with E-state index in [2.05, 4.69) is 0 Å². The Kier molecular flexibility index (Phi) is 28.9. The van der Waals surface area contributed by atoms with E-state index in [4.69, 9.17) is 75.8 Å². The molecule has 0 saturated carbocycles. The summed E-state index contributed by atoms with van der Waals surface area (Å²) in [6.45, 7) is 2.14. The van der Waals surface area contributed by atoms with Crippen molar-refractivity contribution < 1.29 is 105 Å². The molecule has 0 radical (unpaired) electrons. The van der Waals surface area contributed by atoms with Crippen molar-refractivity contribution in [3.63, 3.8) is 0 Å². The van der Waals surface area contributed by atoms with Gasteiger partial charge in [0.1, 0.15) is 78.3 Å². The van der Waals surface area contributed by atoms with Gasteiger partial charge in [-0.2, -0.15) is 0 Å². The average Bonchev–Trinajstić information content (AvgIpc) is 1.67. The second-order valence-corrected chi connectivity index (χ2v) is 26.1. The number of carbonyl (C=O) groups is 5. The van der Waals surface area contributed by atoms with Gasteiger partial charge >= 0.3 is 11.9 Å². The van der Waals surface area contributed by atoms with Gasteiger partial charge in [-0.3, -0.25) is 24.1 Å². The molecule has 4 aliphatic heterocycles. The van der Waals surface area contributed by atoms with E-state index in [0.29, 0.717) is 41.9 Å². The number of hydrogen-bond donors (Lipinski definition) is 1. The smallest absolute Gasteiger partial charge is 0.306 e. The minimum absolute atomic E-state index is 0.0307. The second kappa shape index (κ2) is 39.1. The summed E-state index contributed by atoms with van der Waals surface area (Å²) >= 11 is 0. The van der Waals surface area contributed by atoms with Crippen LogP contribution in [0.5, 0.6) is 11.5 Å². The van der Waals surface area contributed by atoms with Gasteiger partial charge in [0.25, 0.3) is 11.8 Å². The molecular formula is C82H93NO22. The number of aliphatic hydroxyl groups excluding tert-OH is 1. The number of aliphatic hydroxyl groups is 1. The molecule has 3 saturated heterocycles. The Morgan fingerprint density at radius 1 is 0.410 bits per heavy atom. The number of carbonyl (C=O) groups excluding carboxylic acids is 5. The molecule has 4 aliphatic rings. The molecule has 105 heavy (non-hydrogen) atoms. The summed E-state index contributed by atoms with van der Waals surface area (Å²) in [5.74, 6) is -1.43. The fourth-order valence-corrected chi connectivity index (χ4v) is 13.2. The molecule has 3 fully saturated rings. The normalized spacial score (nSPS) is 25.1. The standard InChI is InChI=1S/C82H93NO22/c1-53(85)34-43-68(87)104-72-65(45-84)102-81(77(75(72)98-51-60-37-41-62(91-4)42-38-60)105-82-76(99-49-58-29-17-9-18-30-58)74(97-48-57-27-15-8-16-28-57)70(54(2)101-82)94-46-55-23-11-6-12-24-55)100-52-66-71(95-50-59-35-39-61(90-3)40-36-59)73(96-47-56-25-13-7-14-26-56)69(80(103-66)93-44-22-10-19-33-67(86)92-5)83-78(88)63-31-20-21-32-64(63)79(83)89/h6-9,11-18,20-21,23-32,35-42,54,65-66,69-77,80-82,84H,10,19,22,33-34,43-52H2,1-5H3/t54-,65+,66+,69+,70+,71+,72-,73+,74+,75-,76-,77+,80+,81+,82-/m0/s1. The number of nitrogens with zero attached hydrogens (tertiary/aromatic N) is 1. The number of imide groups is 1. The van der Waals surface area contributed by atoms with Gasteiger partial charge in [-0.05, 0) is 96.5 Å². The number of benzene rings is 7. The van der Waals surface area contributed by atoms with E-state index in [1.165, 1.54) is 14.0 Å². The van der Waals surface area contributed by atoms with Crippen LogP contribution in [0.1, 0.15) is 106 Å². The molecule has 4 heterocycles. The molecule has 0 aliphatic carbocycles. The third kappa shape index (κ3) is 20.9. The maximum absolute atomic E-state index is 15.0. The van der Waals surface area contributed by atoms with Gasteiger partial charge < -0.3 is 85.7 Å². The lowest BCUT2D eigenvalue weighted by molar-refractivity contribution is -0.381. The molecule has 0 aromatic heterocycles. The Morgan fingerprint density at radius 3 is 1.34 bits per heavy atom. The Bertz CT molecular complexity index is 3800. The predicted octanol–water partition coefficient (Wildman–Crippen LogP) is 10.8. The van der Waals surface area contributed by atoms with Crippen LogP contribution in [0, 0.1) is 0 Å². The van der Waals surface area contributed by atoms with E-state index in [-0.39, 0.29) is 88.4 Å². The SMILES string of the molecule is COC(=O)CCCCCO[C@@H]1O[C@H](CO[C@@H]2O[C@H](CO)[C@H](OC(=O)CCC(C)=O)[C@H](OCc3ccc(OC)cc3)[C@H]2O[C@@H]2O[C@@H](C)[C@@H](OCc3ccccc3)[C@@H](OCc3ccccc3)[C@@H]2OCc2ccccc2)[C@@H](OCc2ccc(OC)cc2)[C@H](OCc2ccccc2)[C@H]1N1C(=O)c2ccccc2C1=O. The molecule has 0 bridgehead atoms. The zero-order chi connectivity index (χ0) is 73.4. The lowest BCUT2D eigenvalue weighted by Gasteiger charge is -2.50. The second-order valence-electron chi connectivity index (χ2n) is 26.1. The Hall–Kier alpha value is -8.63. The maximum atomic E-state index is 15.0. The van der Waals surface area contributed by atoms with Crippen LogP contribution in [0.15, 0.2) is 194 Å². The number of unbranched alkanes of at least 4 members (excludes halogenated alkanes) is 2. The first-order chi connectivity index (χ1) is 51.3. The van der Waals surface area contributed by atoms with Crippen molar-refractivity contribution in [2.45, 2.75) is 184 Å². The molecule has 0 unspecified atom stereocenters. The van der Waals surface area contributed by atoms with Gasteiger partial charge in [0.05, 0.1) is 97.8 Å². The predicted molar refractivity (Wildman–Crippen MR) is 380 cm³/mol. The molecule has 7 aromatic rings. The molecule has 1 N–H and O–H groups in total. The van der Waals surface area contributed by atoms with Crippen LogP contribution >= 0.6 is 0 Å². The molecule has 2 amide bonds. The third-order valence-electron chi connectivity index (χ3n) is 18.8. The van der Waals surface area contributed by atoms with Crippen LogP contribution in [0.2, 0.25) is 0 Å². The summed E-state index contributed by atoms with van der Waals surface area (Å²) in [6.07, 6.45) is -16.4. The van der Waals surface area contributed by atoms with Gasteiger partial charge in [-0.1, -0.05) is 164 Å². The van der Waals surface area contributed by atoms with Crippen molar-refractivity contribution in [1.82, 2.24) is 4.90 Å². The van der Waals surface area contributed by atoms with E-state index in [1.807, 2.05) is 153 Å². The summed E-state index contributed by atoms with van der Waals surface area (Å²) in [5, 5.41) is 11.6. The molecule has 23 nitrogen and oxygen atoms in total.